The third-order valence-electron chi connectivity index (χ3n) is 5.51. The first kappa shape index (κ1) is 18.5. The van der Waals surface area contributed by atoms with Crippen LogP contribution in [0.2, 0.25) is 0 Å². The molecule has 0 aromatic heterocycles. The van der Waals surface area contributed by atoms with Crippen LogP contribution in [0, 0.1) is 0 Å². The van der Waals surface area contributed by atoms with Gasteiger partial charge in [-0.05, 0) is 31.0 Å². The Hall–Kier alpha value is -2.87. The van der Waals surface area contributed by atoms with E-state index in [9.17, 15) is 9.59 Å². The SMILES string of the molecule is CCc1ccc(N2C(C)=CN3C2=NC2C3C(=O)N(CCOC)C(=O)N2C)cc1. The molecule has 3 aliphatic rings. The molecule has 8 heteroatoms. The summed E-state index contributed by atoms with van der Waals surface area (Å²) in [6.45, 7) is 4.66. The molecule has 0 N–H and O–H groups in total. The van der Waals surface area contributed by atoms with Crippen LogP contribution in [0.1, 0.15) is 19.4 Å². The van der Waals surface area contributed by atoms with Crippen LogP contribution < -0.4 is 4.90 Å². The number of carbonyl (C=O) groups is 2. The molecule has 3 aliphatic heterocycles. The minimum atomic E-state index is -0.551. The summed E-state index contributed by atoms with van der Waals surface area (Å²) in [6.07, 6.45) is 2.38. The first-order valence-electron chi connectivity index (χ1n) is 9.48. The smallest absolute Gasteiger partial charge is 0.328 e. The van der Waals surface area contributed by atoms with Crippen molar-refractivity contribution in [3.05, 3.63) is 41.7 Å². The predicted molar refractivity (Wildman–Crippen MR) is 106 cm³/mol. The number of aryl methyl sites for hydroxylation is 1. The van der Waals surface area contributed by atoms with E-state index >= 15 is 0 Å². The zero-order chi connectivity index (χ0) is 20.0. The molecule has 148 valence electrons. The summed E-state index contributed by atoms with van der Waals surface area (Å²) in [7, 11) is 3.24. The van der Waals surface area contributed by atoms with Gasteiger partial charge in [0.1, 0.15) is 0 Å². The van der Waals surface area contributed by atoms with Gasteiger partial charge in [-0.1, -0.05) is 19.1 Å². The zero-order valence-electron chi connectivity index (χ0n) is 16.6. The van der Waals surface area contributed by atoms with Gasteiger partial charge in [0.25, 0.3) is 5.91 Å². The number of allylic oxidation sites excluding steroid dienone is 1. The number of urea groups is 1. The van der Waals surface area contributed by atoms with E-state index in [1.807, 2.05) is 22.9 Å². The fourth-order valence-electron chi connectivity index (χ4n) is 3.94. The summed E-state index contributed by atoms with van der Waals surface area (Å²) >= 11 is 0. The molecule has 4 rings (SSSR count). The van der Waals surface area contributed by atoms with E-state index < -0.39 is 12.2 Å². The third kappa shape index (κ3) is 2.67. The first-order chi connectivity index (χ1) is 13.5. The second-order valence-electron chi connectivity index (χ2n) is 7.20. The number of hydrogen-bond acceptors (Lipinski definition) is 6. The number of rotatable bonds is 5. The number of fused-ring (bicyclic) bond motifs is 3. The van der Waals surface area contributed by atoms with Crippen LogP contribution >= 0.6 is 0 Å². The number of anilines is 1. The van der Waals surface area contributed by atoms with Crippen molar-refractivity contribution in [1.82, 2.24) is 14.7 Å². The molecule has 1 saturated heterocycles. The molecule has 0 spiro atoms. The van der Waals surface area contributed by atoms with Crippen molar-refractivity contribution in [2.45, 2.75) is 32.5 Å². The van der Waals surface area contributed by atoms with Crippen LogP contribution in [-0.2, 0) is 16.0 Å². The monoisotopic (exact) mass is 383 g/mol. The molecule has 3 heterocycles. The Morgan fingerprint density at radius 2 is 1.89 bits per heavy atom. The highest BCUT2D eigenvalue weighted by Gasteiger charge is 2.54. The Bertz CT molecular complexity index is 863. The van der Waals surface area contributed by atoms with Crippen LogP contribution in [0.3, 0.4) is 0 Å². The lowest BCUT2D eigenvalue weighted by atomic mass is 10.1. The van der Waals surface area contributed by atoms with Crippen molar-refractivity contribution in [2.75, 3.05) is 32.2 Å². The number of likely N-dealkylation sites (N-methyl/N-ethyl adjacent to an activating group) is 1. The molecule has 0 saturated carbocycles. The van der Waals surface area contributed by atoms with E-state index in [2.05, 4.69) is 31.2 Å². The summed E-state index contributed by atoms with van der Waals surface area (Å²) in [5, 5.41) is 0. The number of guanidine groups is 1. The average molecular weight is 383 g/mol. The Morgan fingerprint density at radius 1 is 1.18 bits per heavy atom. The van der Waals surface area contributed by atoms with Crippen molar-refractivity contribution < 1.29 is 14.3 Å². The first-order valence-corrected chi connectivity index (χ1v) is 9.48. The van der Waals surface area contributed by atoms with Crippen molar-refractivity contribution in [3.8, 4) is 0 Å². The number of imide groups is 1. The van der Waals surface area contributed by atoms with E-state index in [-0.39, 0.29) is 18.5 Å². The van der Waals surface area contributed by atoms with Crippen LogP contribution in [0.25, 0.3) is 0 Å². The Morgan fingerprint density at radius 3 is 2.54 bits per heavy atom. The number of nitrogens with zero attached hydrogens (tertiary/aromatic N) is 5. The van der Waals surface area contributed by atoms with Gasteiger partial charge in [-0.2, -0.15) is 0 Å². The molecular weight excluding hydrogens is 358 g/mol. The van der Waals surface area contributed by atoms with Gasteiger partial charge in [-0.25, -0.2) is 9.79 Å². The molecule has 0 radical (unpaired) electrons. The molecule has 0 aliphatic carbocycles. The fourth-order valence-corrected chi connectivity index (χ4v) is 3.94. The number of hydrogen-bond donors (Lipinski definition) is 0. The van der Waals surface area contributed by atoms with Crippen LogP contribution in [0.4, 0.5) is 10.5 Å². The number of carbonyl (C=O) groups excluding carboxylic acids is 2. The topological polar surface area (TPSA) is 68.7 Å². The summed E-state index contributed by atoms with van der Waals surface area (Å²) in [5.74, 6) is 0.439. The van der Waals surface area contributed by atoms with E-state index in [4.69, 9.17) is 9.73 Å². The van der Waals surface area contributed by atoms with Crippen molar-refractivity contribution in [1.29, 1.82) is 0 Å². The molecule has 28 heavy (non-hydrogen) atoms. The van der Waals surface area contributed by atoms with Gasteiger partial charge in [-0.15, -0.1) is 0 Å². The highest BCUT2D eigenvalue weighted by molar-refractivity contribution is 6.09. The number of benzene rings is 1. The summed E-state index contributed by atoms with van der Waals surface area (Å²) in [5.41, 5.74) is 3.23. The molecule has 2 unspecified atom stereocenters. The lowest BCUT2D eigenvalue weighted by molar-refractivity contribution is -0.137. The van der Waals surface area contributed by atoms with Gasteiger partial charge >= 0.3 is 6.03 Å². The predicted octanol–water partition coefficient (Wildman–Crippen LogP) is 1.84. The van der Waals surface area contributed by atoms with Crippen molar-refractivity contribution in [2.24, 2.45) is 4.99 Å². The Labute approximate surface area is 164 Å². The minimum Gasteiger partial charge on any atom is -0.383 e. The highest BCUT2D eigenvalue weighted by Crippen LogP contribution is 2.36. The van der Waals surface area contributed by atoms with Gasteiger partial charge in [0.05, 0.1) is 13.2 Å². The standard InChI is InChI=1S/C20H25N5O3/c1-5-14-6-8-15(9-7-14)25-13(2)12-24-16-17(21-19(24)25)22(3)20(27)23(18(16)26)10-11-28-4/h6-9,12,16-17H,5,10-11H2,1-4H3. The van der Waals surface area contributed by atoms with Crippen LogP contribution in [0.5, 0.6) is 0 Å². The Balaban J connectivity index is 1.66. The molecule has 8 nitrogen and oxygen atoms in total. The second-order valence-corrected chi connectivity index (χ2v) is 7.20. The lowest BCUT2D eigenvalue weighted by Gasteiger charge is -2.40. The van der Waals surface area contributed by atoms with Crippen LogP contribution in [-0.4, -0.2) is 72.1 Å². The van der Waals surface area contributed by atoms with E-state index in [0.29, 0.717) is 12.6 Å². The quantitative estimate of drug-likeness (QED) is 0.776. The second kappa shape index (κ2) is 6.94. The van der Waals surface area contributed by atoms with E-state index in [0.717, 1.165) is 17.8 Å². The fraction of sp³-hybridized carbons (Fsp3) is 0.450. The molecule has 1 aromatic rings. The van der Waals surface area contributed by atoms with E-state index in [1.54, 1.807) is 14.2 Å². The average Bonchev–Trinajstić information content (AvgIpc) is 3.21. The molecule has 3 amide bonds. The van der Waals surface area contributed by atoms with E-state index in [1.165, 1.54) is 15.4 Å². The van der Waals surface area contributed by atoms with Gasteiger partial charge in [0.15, 0.2) is 12.2 Å². The number of amides is 3. The third-order valence-corrected chi connectivity index (χ3v) is 5.51. The van der Waals surface area contributed by atoms with Crippen molar-refractivity contribution in [3.63, 3.8) is 0 Å². The largest absolute Gasteiger partial charge is 0.383 e. The number of ether oxygens (including phenoxy) is 1. The maximum Gasteiger partial charge on any atom is 0.328 e. The van der Waals surface area contributed by atoms with Gasteiger partial charge in [-0.3, -0.25) is 14.6 Å². The molecule has 1 aromatic carbocycles. The molecule has 0 bridgehead atoms. The minimum absolute atomic E-state index is 0.232. The molecule has 2 atom stereocenters. The highest BCUT2D eigenvalue weighted by atomic mass is 16.5. The number of aliphatic imine (C=N–C) groups is 1. The van der Waals surface area contributed by atoms with Gasteiger partial charge in [0.2, 0.25) is 5.96 Å². The Kier molecular flexibility index (Phi) is 4.58. The number of methoxy groups -OCH3 is 1. The normalized spacial score (nSPS) is 23.9. The summed E-state index contributed by atoms with van der Waals surface area (Å²) in [6, 6.07) is 7.43. The van der Waals surface area contributed by atoms with Gasteiger partial charge < -0.3 is 14.5 Å². The van der Waals surface area contributed by atoms with Crippen molar-refractivity contribution >= 4 is 23.6 Å². The van der Waals surface area contributed by atoms with Crippen LogP contribution in [0.15, 0.2) is 41.2 Å². The summed E-state index contributed by atoms with van der Waals surface area (Å²) < 4.78 is 5.06. The van der Waals surface area contributed by atoms with Gasteiger partial charge in [0, 0.05) is 31.7 Å². The molecule has 1 fully saturated rings. The molecular formula is C20H25N5O3. The summed E-state index contributed by atoms with van der Waals surface area (Å²) in [4.78, 5) is 37.2. The maximum absolute atomic E-state index is 13.1. The zero-order valence-corrected chi connectivity index (χ0v) is 16.6. The lowest BCUT2D eigenvalue weighted by Crippen LogP contribution is -2.64. The maximum atomic E-state index is 13.1.